The number of hydrogen-bond donors (Lipinski definition) is 2. The van der Waals surface area contributed by atoms with E-state index in [0.717, 1.165) is 12.8 Å². The van der Waals surface area contributed by atoms with Crippen LogP contribution in [0.4, 0.5) is 0 Å². The minimum absolute atomic E-state index is 0.225. The van der Waals surface area contributed by atoms with Crippen molar-refractivity contribution in [1.29, 1.82) is 0 Å². The third-order valence-corrected chi connectivity index (χ3v) is 4.20. The van der Waals surface area contributed by atoms with E-state index in [-0.39, 0.29) is 11.5 Å². The minimum atomic E-state index is -0.260. The van der Waals surface area contributed by atoms with Crippen LogP contribution in [0.25, 0.3) is 0 Å². The van der Waals surface area contributed by atoms with Crippen molar-refractivity contribution in [3.05, 3.63) is 34.2 Å². The Morgan fingerprint density at radius 2 is 2.05 bits per heavy atom. The van der Waals surface area contributed by atoms with Gasteiger partial charge in [-0.25, -0.2) is 0 Å². The van der Waals surface area contributed by atoms with E-state index in [9.17, 15) is 9.59 Å². The molecule has 1 aliphatic rings. The number of carbonyl (C=O) groups is 1. The first-order valence-corrected chi connectivity index (χ1v) is 7.27. The van der Waals surface area contributed by atoms with Crippen molar-refractivity contribution in [2.45, 2.75) is 25.7 Å². The number of aromatic amines is 1. The van der Waals surface area contributed by atoms with Crippen LogP contribution < -0.4 is 10.9 Å². The molecule has 1 amide bonds. The van der Waals surface area contributed by atoms with Crippen molar-refractivity contribution >= 4 is 17.5 Å². The molecule has 2 N–H and O–H groups in total. The van der Waals surface area contributed by atoms with E-state index in [1.54, 1.807) is 12.1 Å². The first kappa shape index (κ1) is 14.1. The van der Waals surface area contributed by atoms with Gasteiger partial charge in [0, 0.05) is 18.5 Å². The van der Waals surface area contributed by atoms with E-state index in [1.807, 2.05) is 0 Å². The minimum Gasteiger partial charge on any atom is -0.350 e. The third-order valence-electron chi connectivity index (χ3n) is 3.80. The summed E-state index contributed by atoms with van der Waals surface area (Å²) >= 11 is 5.97. The first-order chi connectivity index (χ1) is 9.20. The lowest BCUT2D eigenvalue weighted by atomic mass is 9.80. The fraction of sp³-hybridized carbons (Fsp3) is 0.571. The summed E-state index contributed by atoms with van der Waals surface area (Å²) in [7, 11) is 0. The molecule has 0 aliphatic heterocycles. The van der Waals surface area contributed by atoms with Crippen molar-refractivity contribution in [2.24, 2.45) is 11.8 Å². The number of hydrogen-bond acceptors (Lipinski definition) is 2. The molecular formula is C14H19ClN2O2. The number of alkyl halides is 1. The third kappa shape index (κ3) is 3.83. The summed E-state index contributed by atoms with van der Waals surface area (Å²) in [5.74, 6) is 1.37. The number of carbonyl (C=O) groups excluding carboxylic acids is 1. The summed E-state index contributed by atoms with van der Waals surface area (Å²) in [6.45, 7) is 0.632. The monoisotopic (exact) mass is 282 g/mol. The fourth-order valence-corrected chi connectivity index (χ4v) is 3.06. The number of aromatic nitrogens is 1. The van der Waals surface area contributed by atoms with Crippen molar-refractivity contribution < 1.29 is 4.79 Å². The Kier molecular flexibility index (Phi) is 5.02. The zero-order valence-corrected chi connectivity index (χ0v) is 11.6. The number of halogens is 1. The van der Waals surface area contributed by atoms with Gasteiger partial charge in [0.1, 0.15) is 5.69 Å². The molecule has 1 heterocycles. The van der Waals surface area contributed by atoms with Gasteiger partial charge >= 0.3 is 0 Å². The van der Waals surface area contributed by atoms with Crippen molar-refractivity contribution in [1.82, 2.24) is 10.3 Å². The molecule has 1 saturated carbocycles. The van der Waals surface area contributed by atoms with Gasteiger partial charge in [-0.2, -0.15) is 0 Å². The highest BCUT2D eigenvalue weighted by molar-refractivity contribution is 6.18. The highest BCUT2D eigenvalue weighted by Crippen LogP contribution is 2.30. The van der Waals surface area contributed by atoms with Gasteiger partial charge < -0.3 is 10.3 Å². The van der Waals surface area contributed by atoms with E-state index in [0.29, 0.717) is 30.0 Å². The highest BCUT2D eigenvalue weighted by atomic mass is 35.5. The van der Waals surface area contributed by atoms with Crippen LogP contribution in [0.5, 0.6) is 0 Å². The quantitative estimate of drug-likeness (QED) is 0.831. The van der Waals surface area contributed by atoms with Gasteiger partial charge in [0.25, 0.3) is 5.91 Å². The Balaban J connectivity index is 1.91. The molecule has 2 unspecified atom stereocenters. The lowest BCUT2D eigenvalue weighted by molar-refractivity contribution is 0.0931. The Labute approximate surface area is 117 Å². The smallest absolute Gasteiger partial charge is 0.267 e. The molecule has 2 rings (SSSR count). The van der Waals surface area contributed by atoms with E-state index >= 15 is 0 Å². The van der Waals surface area contributed by atoms with Crippen LogP contribution in [-0.4, -0.2) is 23.3 Å². The predicted molar refractivity (Wildman–Crippen MR) is 75.6 cm³/mol. The molecule has 104 valence electrons. The van der Waals surface area contributed by atoms with Gasteiger partial charge in [-0.15, -0.1) is 11.6 Å². The molecule has 0 saturated heterocycles. The predicted octanol–water partition coefficient (Wildman–Crippen LogP) is 2.15. The van der Waals surface area contributed by atoms with Gasteiger partial charge in [-0.05, 0) is 30.7 Å². The molecule has 19 heavy (non-hydrogen) atoms. The van der Waals surface area contributed by atoms with Crippen molar-refractivity contribution in [2.75, 3.05) is 12.4 Å². The topological polar surface area (TPSA) is 62.0 Å². The Bertz CT molecular complexity index is 486. The molecule has 0 spiro atoms. The van der Waals surface area contributed by atoms with E-state index < -0.39 is 0 Å². The zero-order valence-electron chi connectivity index (χ0n) is 10.8. The number of nitrogens with one attached hydrogen (secondary N) is 2. The normalized spacial score (nSPS) is 23.0. The number of rotatable bonds is 4. The van der Waals surface area contributed by atoms with Crippen LogP contribution >= 0.6 is 11.6 Å². The summed E-state index contributed by atoms with van der Waals surface area (Å²) in [5.41, 5.74) is 0.0506. The average Bonchev–Trinajstić information content (AvgIpc) is 2.45. The molecule has 1 fully saturated rings. The molecule has 1 aromatic rings. The summed E-state index contributed by atoms with van der Waals surface area (Å²) in [5, 5.41) is 2.89. The molecule has 1 aliphatic carbocycles. The average molecular weight is 283 g/mol. The van der Waals surface area contributed by atoms with Gasteiger partial charge in [0.2, 0.25) is 5.56 Å². The number of amides is 1. The van der Waals surface area contributed by atoms with Gasteiger partial charge in [0.15, 0.2) is 0 Å². The first-order valence-electron chi connectivity index (χ1n) is 6.74. The summed E-state index contributed by atoms with van der Waals surface area (Å²) in [4.78, 5) is 25.6. The SMILES string of the molecule is O=C(NCC1CCCCC1CCl)c1cccc(=O)[nH]1. The summed E-state index contributed by atoms with van der Waals surface area (Å²) < 4.78 is 0. The fourth-order valence-electron chi connectivity index (χ4n) is 2.66. The largest absolute Gasteiger partial charge is 0.350 e. The van der Waals surface area contributed by atoms with Crippen LogP contribution in [0.1, 0.15) is 36.2 Å². The van der Waals surface area contributed by atoms with Crippen LogP contribution in [0.15, 0.2) is 23.0 Å². The zero-order chi connectivity index (χ0) is 13.7. The number of H-pyrrole nitrogens is 1. The molecule has 1 aromatic heterocycles. The maximum atomic E-state index is 11.9. The molecule has 0 radical (unpaired) electrons. The second-order valence-electron chi connectivity index (χ2n) is 5.10. The van der Waals surface area contributed by atoms with Crippen molar-refractivity contribution in [3.63, 3.8) is 0 Å². The van der Waals surface area contributed by atoms with Gasteiger partial charge in [0.05, 0.1) is 0 Å². The Morgan fingerprint density at radius 3 is 2.74 bits per heavy atom. The maximum absolute atomic E-state index is 11.9. The second kappa shape index (κ2) is 6.75. The van der Waals surface area contributed by atoms with Crippen LogP contribution in [0.3, 0.4) is 0 Å². The van der Waals surface area contributed by atoms with Crippen molar-refractivity contribution in [3.8, 4) is 0 Å². The summed E-state index contributed by atoms with van der Waals surface area (Å²) in [6.07, 6.45) is 4.69. The Morgan fingerprint density at radius 1 is 1.32 bits per heavy atom. The lowest BCUT2D eigenvalue weighted by Crippen LogP contribution is -2.35. The van der Waals surface area contributed by atoms with Gasteiger partial charge in [-0.3, -0.25) is 9.59 Å². The number of pyridine rings is 1. The standard InChI is InChI=1S/C14H19ClN2O2/c15-8-10-4-1-2-5-11(10)9-16-14(19)12-6-3-7-13(18)17-12/h3,6-7,10-11H,1-2,4-5,8-9H2,(H,16,19)(H,17,18). The highest BCUT2D eigenvalue weighted by Gasteiger charge is 2.24. The van der Waals surface area contributed by atoms with Gasteiger partial charge in [-0.1, -0.05) is 18.9 Å². The van der Waals surface area contributed by atoms with Crippen LogP contribution in [0.2, 0.25) is 0 Å². The Hall–Kier alpha value is -1.29. The van der Waals surface area contributed by atoms with E-state index in [1.165, 1.54) is 18.9 Å². The van der Waals surface area contributed by atoms with Crippen LogP contribution in [0, 0.1) is 11.8 Å². The van der Waals surface area contributed by atoms with Crippen LogP contribution in [-0.2, 0) is 0 Å². The molecule has 2 atom stereocenters. The van der Waals surface area contributed by atoms with E-state index in [4.69, 9.17) is 11.6 Å². The molecule has 0 aromatic carbocycles. The maximum Gasteiger partial charge on any atom is 0.267 e. The molecule has 4 nitrogen and oxygen atoms in total. The molecular weight excluding hydrogens is 264 g/mol. The summed E-state index contributed by atoms with van der Waals surface area (Å²) in [6, 6.07) is 4.58. The van der Waals surface area contributed by atoms with E-state index in [2.05, 4.69) is 10.3 Å². The molecule has 0 bridgehead atoms. The molecule has 5 heteroatoms. The lowest BCUT2D eigenvalue weighted by Gasteiger charge is -2.30. The second-order valence-corrected chi connectivity index (χ2v) is 5.41.